The van der Waals surface area contributed by atoms with Crippen molar-refractivity contribution in [1.29, 1.82) is 0 Å². The number of rotatable bonds is 3. The summed E-state index contributed by atoms with van der Waals surface area (Å²) in [5.41, 5.74) is 2.37. The third-order valence-electron chi connectivity index (χ3n) is 2.99. The Morgan fingerprint density at radius 3 is 2.95 bits per heavy atom. The topological polar surface area (TPSA) is 55.1 Å². The van der Waals surface area contributed by atoms with Crippen LogP contribution in [-0.4, -0.2) is 20.6 Å². The van der Waals surface area contributed by atoms with Gasteiger partial charge in [0.15, 0.2) is 0 Å². The van der Waals surface area contributed by atoms with Crippen molar-refractivity contribution in [1.82, 2.24) is 9.55 Å². The third-order valence-corrected chi connectivity index (χ3v) is 3.94. The molecule has 0 unspecified atom stereocenters. The number of hydrogen-bond acceptors (Lipinski definition) is 3. The summed E-state index contributed by atoms with van der Waals surface area (Å²) in [6.45, 7) is 2.70. The molecule has 0 aliphatic heterocycles. The van der Waals surface area contributed by atoms with E-state index in [0.29, 0.717) is 12.1 Å². The molecule has 3 rings (SSSR count). The van der Waals surface area contributed by atoms with Gasteiger partial charge in [0.2, 0.25) is 0 Å². The normalized spacial score (nSPS) is 11.0. The number of thiazole rings is 1. The standard InChI is InChI=1S/C14H12N2O2S/c1-9-8-19-13(15-9)7-16-5-4-10-6-11(14(17)18)2-3-12(10)16/h2-6,8H,7H2,1H3,(H,17,18). The summed E-state index contributed by atoms with van der Waals surface area (Å²) in [6, 6.07) is 7.11. The Balaban J connectivity index is 1.99. The van der Waals surface area contributed by atoms with Crippen LogP contribution in [0.15, 0.2) is 35.8 Å². The highest BCUT2D eigenvalue weighted by Crippen LogP contribution is 2.20. The number of aromatic carboxylic acids is 1. The van der Waals surface area contributed by atoms with E-state index < -0.39 is 5.97 Å². The van der Waals surface area contributed by atoms with Crippen molar-refractivity contribution in [3.05, 3.63) is 52.1 Å². The average molecular weight is 272 g/mol. The van der Waals surface area contributed by atoms with Gasteiger partial charge in [-0.05, 0) is 31.2 Å². The van der Waals surface area contributed by atoms with Crippen molar-refractivity contribution in [2.24, 2.45) is 0 Å². The van der Waals surface area contributed by atoms with E-state index in [4.69, 9.17) is 5.11 Å². The molecule has 0 aliphatic rings. The maximum atomic E-state index is 10.9. The molecule has 2 aromatic heterocycles. The highest BCUT2D eigenvalue weighted by Gasteiger charge is 2.08. The first-order valence-electron chi connectivity index (χ1n) is 5.87. The van der Waals surface area contributed by atoms with Gasteiger partial charge in [0.25, 0.3) is 0 Å². The van der Waals surface area contributed by atoms with Gasteiger partial charge >= 0.3 is 5.97 Å². The Morgan fingerprint density at radius 2 is 2.26 bits per heavy atom. The largest absolute Gasteiger partial charge is 0.478 e. The Kier molecular flexibility index (Phi) is 2.83. The molecule has 0 saturated heterocycles. The van der Waals surface area contributed by atoms with E-state index in [1.54, 1.807) is 23.5 Å². The van der Waals surface area contributed by atoms with Gasteiger partial charge in [0.1, 0.15) is 5.01 Å². The zero-order valence-corrected chi connectivity index (χ0v) is 11.1. The molecular weight excluding hydrogens is 260 g/mol. The van der Waals surface area contributed by atoms with Crippen LogP contribution >= 0.6 is 11.3 Å². The maximum Gasteiger partial charge on any atom is 0.335 e. The van der Waals surface area contributed by atoms with Gasteiger partial charge < -0.3 is 9.67 Å². The van der Waals surface area contributed by atoms with E-state index in [0.717, 1.165) is 21.6 Å². The molecule has 19 heavy (non-hydrogen) atoms. The number of fused-ring (bicyclic) bond motifs is 1. The summed E-state index contributed by atoms with van der Waals surface area (Å²) < 4.78 is 2.08. The fourth-order valence-corrected chi connectivity index (χ4v) is 2.86. The van der Waals surface area contributed by atoms with Gasteiger partial charge in [-0.3, -0.25) is 0 Å². The minimum absolute atomic E-state index is 0.315. The van der Waals surface area contributed by atoms with E-state index in [9.17, 15) is 4.79 Å². The minimum atomic E-state index is -0.898. The molecule has 4 nitrogen and oxygen atoms in total. The number of benzene rings is 1. The molecule has 1 N–H and O–H groups in total. The maximum absolute atomic E-state index is 10.9. The highest BCUT2D eigenvalue weighted by atomic mass is 32.1. The lowest BCUT2D eigenvalue weighted by molar-refractivity contribution is 0.0697. The smallest absolute Gasteiger partial charge is 0.335 e. The molecule has 5 heteroatoms. The van der Waals surface area contributed by atoms with Gasteiger partial charge in [0.05, 0.1) is 12.1 Å². The summed E-state index contributed by atoms with van der Waals surface area (Å²) in [4.78, 5) is 15.4. The summed E-state index contributed by atoms with van der Waals surface area (Å²) in [5, 5.41) is 13.0. The quantitative estimate of drug-likeness (QED) is 0.796. The van der Waals surface area contributed by atoms with Gasteiger partial charge in [-0.2, -0.15) is 0 Å². The van der Waals surface area contributed by atoms with Crippen LogP contribution in [0.1, 0.15) is 21.1 Å². The van der Waals surface area contributed by atoms with Gasteiger partial charge in [0, 0.05) is 28.2 Å². The van der Waals surface area contributed by atoms with Crippen LogP contribution in [0.5, 0.6) is 0 Å². The van der Waals surface area contributed by atoms with Crippen LogP contribution in [0.2, 0.25) is 0 Å². The fraction of sp³-hybridized carbons (Fsp3) is 0.143. The predicted molar refractivity (Wildman–Crippen MR) is 74.9 cm³/mol. The van der Waals surface area contributed by atoms with Gasteiger partial charge in [-0.15, -0.1) is 11.3 Å². The van der Waals surface area contributed by atoms with Crippen molar-refractivity contribution in [3.8, 4) is 0 Å². The zero-order chi connectivity index (χ0) is 13.4. The minimum Gasteiger partial charge on any atom is -0.478 e. The first-order valence-corrected chi connectivity index (χ1v) is 6.74. The molecule has 0 amide bonds. The zero-order valence-electron chi connectivity index (χ0n) is 10.3. The Bertz CT molecular complexity index is 758. The van der Waals surface area contributed by atoms with E-state index >= 15 is 0 Å². The number of carboxylic acid groups (broad SMARTS) is 1. The van der Waals surface area contributed by atoms with E-state index in [-0.39, 0.29) is 0 Å². The lowest BCUT2D eigenvalue weighted by atomic mass is 10.1. The Morgan fingerprint density at radius 1 is 1.42 bits per heavy atom. The van der Waals surface area contributed by atoms with Crippen LogP contribution < -0.4 is 0 Å². The molecule has 0 saturated carbocycles. The van der Waals surface area contributed by atoms with Gasteiger partial charge in [-0.25, -0.2) is 9.78 Å². The molecule has 1 aromatic carbocycles. The molecule has 0 bridgehead atoms. The number of aromatic nitrogens is 2. The molecule has 0 atom stereocenters. The average Bonchev–Trinajstić information content (AvgIpc) is 2.96. The molecule has 0 radical (unpaired) electrons. The Labute approximate surface area is 113 Å². The van der Waals surface area contributed by atoms with Crippen LogP contribution in [0.3, 0.4) is 0 Å². The van der Waals surface area contributed by atoms with Gasteiger partial charge in [-0.1, -0.05) is 0 Å². The van der Waals surface area contributed by atoms with Crippen molar-refractivity contribution in [3.63, 3.8) is 0 Å². The van der Waals surface area contributed by atoms with E-state index in [1.807, 2.05) is 30.6 Å². The third kappa shape index (κ3) is 2.24. The van der Waals surface area contributed by atoms with Crippen LogP contribution in [-0.2, 0) is 6.54 Å². The second-order valence-corrected chi connectivity index (χ2v) is 5.35. The number of aryl methyl sites for hydroxylation is 1. The molecule has 0 aliphatic carbocycles. The highest BCUT2D eigenvalue weighted by molar-refractivity contribution is 7.09. The summed E-state index contributed by atoms with van der Waals surface area (Å²) in [7, 11) is 0. The van der Waals surface area contributed by atoms with Crippen LogP contribution in [0, 0.1) is 6.92 Å². The summed E-state index contributed by atoms with van der Waals surface area (Å²) in [5.74, 6) is -0.898. The molecule has 2 heterocycles. The second-order valence-electron chi connectivity index (χ2n) is 4.41. The van der Waals surface area contributed by atoms with E-state index in [2.05, 4.69) is 9.55 Å². The SMILES string of the molecule is Cc1csc(Cn2ccc3cc(C(=O)O)ccc32)n1. The number of carbonyl (C=O) groups is 1. The second kappa shape index (κ2) is 4.51. The fourth-order valence-electron chi connectivity index (χ4n) is 2.09. The van der Waals surface area contributed by atoms with Crippen molar-refractivity contribution >= 4 is 28.2 Å². The van der Waals surface area contributed by atoms with Crippen molar-refractivity contribution in [2.75, 3.05) is 0 Å². The summed E-state index contributed by atoms with van der Waals surface area (Å²) >= 11 is 1.64. The first kappa shape index (κ1) is 11.9. The number of hydrogen-bond donors (Lipinski definition) is 1. The predicted octanol–water partition coefficient (Wildman–Crippen LogP) is 3.15. The lowest BCUT2D eigenvalue weighted by Gasteiger charge is -2.03. The first-order chi connectivity index (χ1) is 9.13. The lowest BCUT2D eigenvalue weighted by Crippen LogP contribution is -1.99. The van der Waals surface area contributed by atoms with Crippen molar-refractivity contribution < 1.29 is 9.90 Å². The molecular formula is C14H12N2O2S. The number of carboxylic acids is 1. The number of nitrogens with zero attached hydrogens (tertiary/aromatic N) is 2. The van der Waals surface area contributed by atoms with Crippen molar-refractivity contribution in [2.45, 2.75) is 13.5 Å². The monoisotopic (exact) mass is 272 g/mol. The van der Waals surface area contributed by atoms with E-state index in [1.165, 1.54) is 0 Å². The molecule has 3 aromatic rings. The molecule has 0 fully saturated rings. The van der Waals surface area contributed by atoms with Crippen LogP contribution in [0.4, 0.5) is 0 Å². The molecule has 96 valence electrons. The van der Waals surface area contributed by atoms with Crippen LogP contribution in [0.25, 0.3) is 10.9 Å². The molecule has 0 spiro atoms. The Hall–Kier alpha value is -2.14. The summed E-state index contributed by atoms with van der Waals surface area (Å²) in [6.07, 6.45) is 1.97.